The minimum absolute atomic E-state index is 0.467. The molecule has 4 heteroatoms. The third-order valence-corrected chi connectivity index (χ3v) is 2.53. The third-order valence-electron chi connectivity index (χ3n) is 2.53. The van der Waals surface area contributed by atoms with Crippen LogP contribution in [0.15, 0.2) is 10.6 Å². The molecule has 0 bridgehead atoms. The second-order valence-corrected chi connectivity index (χ2v) is 3.45. The van der Waals surface area contributed by atoms with Crippen LogP contribution in [-0.4, -0.2) is 18.2 Å². The Balaban J connectivity index is 2.05. The van der Waals surface area contributed by atoms with Gasteiger partial charge in [0.15, 0.2) is 0 Å². The molecule has 2 rings (SSSR count). The Morgan fingerprint density at radius 3 is 2.92 bits per heavy atom. The highest BCUT2D eigenvalue weighted by Gasteiger charge is 2.19. The standard InChI is InChI=1S/C9H15N3O/c10-6-8-5-9(13-12-8)7-1-3-11-4-2-7/h5,7,11H,1-4,6,10H2. The summed E-state index contributed by atoms with van der Waals surface area (Å²) in [4.78, 5) is 0. The lowest BCUT2D eigenvalue weighted by molar-refractivity contribution is 0.325. The zero-order chi connectivity index (χ0) is 9.10. The fraction of sp³-hybridized carbons (Fsp3) is 0.667. The van der Waals surface area contributed by atoms with Crippen LogP contribution >= 0.6 is 0 Å². The summed E-state index contributed by atoms with van der Waals surface area (Å²) in [5.41, 5.74) is 6.31. The first-order chi connectivity index (χ1) is 6.40. The van der Waals surface area contributed by atoms with E-state index in [0.29, 0.717) is 12.5 Å². The van der Waals surface area contributed by atoms with E-state index in [1.54, 1.807) is 0 Å². The van der Waals surface area contributed by atoms with Crippen molar-refractivity contribution in [3.63, 3.8) is 0 Å². The molecule has 0 unspecified atom stereocenters. The molecule has 2 heterocycles. The molecule has 0 spiro atoms. The summed E-state index contributed by atoms with van der Waals surface area (Å²) in [7, 11) is 0. The van der Waals surface area contributed by atoms with Gasteiger partial charge < -0.3 is 15.6 Å². The number of aromatic nitrogens is 1. The number of hydrogen-bond acceptors (Lipinski definition) is 4. The van der Waals surface area contributed by atoms with E-state index in [9.17, 15) is 0 Å². The van der Waals surface area contributed by atoms with E-state index in [0.717, 1.165) is 37.4 Å². The van der Waals surface area contributed by atoms with Crippen LogP contribution in [0.4, 0.5) is 0 Å². The van der Waals surface area contributed by atoms with Crippen molar-refractivity contribution in [2.24, 2.45) is 5.73 Å². The molecule has 1 fully saturated rings. The topological polar surface area (TPSA) is 64.1 Å². The van der Waals surface area contributed by atoms with Gasteiger partial charge in [-0.2, -0.15) is 0 Å². The number of nitrogens with zero attached hydrogens (tertiary/aromatic N) is 1. The van der Waals surface area contributed by atoms with Gasteiger partial charge in [-0.3, -0.25) is 0 Å². The maximum Gasteiger partial charge on any atom is 0.140 e. The number of piperidine rings is 1. The van der Waals surface area contributed by atoms with Crippen LogP contribution in [0.1, 0.15) is 30.2 Å². The van der Waals surface area contributed by atoms with Crippen molar-refractivity contribution in [1.82, 2.24) is 10.5 Å². The molecule has 72 valence electrons. The number of rotatable bonds is 2. The molecular weight excluding hydrogens is 166 g/mol. The second kappa shape index (κ2) is 3.89. The molecule has 1 saturated heterocycles. The highest BCUT2D eigenvalue weighted by molar-refractivity contribution is 5.10. The van der Waals surface area contributed by atoms with Gasteiger partial charge in [0.1, 0.15) is 5.76 Å². The highest BCUT2D eigenvalue weighted by Crippen LogP contribution is 2.25. The summed E-state index contributed by atoms with van der Waals surface area (Å²) in [6, 6.07) is 1.98. The molecule has 0 aliphatic carbocycles. The second-order valence-electron chi connectivity index (χ2n) is 3.45. The summed E-state index contributed by atoms with van der Waals surface area (Å²) >= 11 is 0. The van der Waals surface area contributed by atoms with Crippen molar-refractivity contribution in [3.8, 4) is 0 Å². The fourth-order valence-electron chi connectivity index (χ4n) is 1.72. The molecule has 1 aliphatic rings. The first kappa shape index (κ1) is 8.72. The minimum Gasteiger partial charge on any atom is -0.361 e. The Morgan fingerprint density at radius 2 is 2.31 bits per heavy atom. The van der Waals surface area contributed by atoms with E-state index in [1.165, 1.54) is 0 Å². The zero-order valence-electron chi connectivity index (χ0n) is 7.62. The van der Waals surface area contributed by atoms with Crippen molar-refractivity contribution in [1.29, 1.82) is 0 Å². The van der Waals surface area contributed by atoms with E-state index < -0.39 is 0 Å². The Bertz CT molecular complexity index is 266. The van der Waals surface area contributed by atoms with Gasteiger partial charge in [0.25, 0.3) is 0 Å². The predicted octanol–water partition coefficient (Wildman–Crippen LogP) is 0.600. The SMILES string of the molecule is NCc1cc(C2CCNCC2)on1. The summed E-state index contributed by atoms with van der Waals surface area (Å²) in [6.07, 6.45) is 2.28. The normalized spacial score (nSPS) is 19.2. The van der Waals surface area contributed by atoms with Gasteiger partial charge in [-0.25, -0.2) is 0 Å². The smallest absolute Gasteiger partial charge is 0.140 e. The van der Waals surface area contributed by atoms with Gasteiger partial charge in [-0.15, -0.1) is 0 Å². The average molecular weight is 181 g/mol. The lowest BCUT2D eigenvalue weighted by Crippen LogP contribution is -2.26. The van der Waals surface area contributed by atoms with Crippen molar-refractivity contribution in [3.05, 3.63) is 17.5 Å². The van der Waals surface area contributed by atoms with E-state index in [4.69, 9.17) is 10.3 Å². The fourth-order valence-corrected chi connectivity index (χ4v) is 1.72. The van der Waals surface area contributed by atoms with Crippen LogP contribution in [-0.2, 0) is 6.54 Å². The molecule has 4 nitrogen and oxygen atoms in total. The van der Waals surface area contributed by atoms with Crippen LogP contribution in [0, 0.1) is 0 Å². The van der Waals surface area contributed by atoms with Crippen molar-refractivity contribution >= 4 is 0 Å². The minimum atomic E-state index is 0.467. The van der Waals surface area contributed by atoms with Crippen LogP contribution < -0.4 is 11.1 Å². The summed E-state index contributed by atoms with van der Waals surface area (Å²) in [5, 5.41) is 7.21. The molecule has 0 amide bonds. The largest absolute Gasteiger partial charge is 0.361 e. The zero-order valence-corrected chi connectivity index (χ0v) is 7.62. The molecular formula is C9H15N3O. The first-order valence-corrected chi connectivity index (χ1v) is 4.76. The molecule has 3 N–H and O–H groups in total. The number of nitrogens with two attached hydrogens (primary N) is 1. The molecule has 0 atom stereocenters. The van der Waals surface area contributed by atoms with Gasteiger partial charge in [0.2, 0.25) is 0 Å². The number of nitrogens with one attached hydrogen (secondary N) is 1. The lowest BCUT2D eigenvalue weighted by atomic mass is 9.95. The van der Waals surface area contributed by atoms with Crippen molar-refractivity contribution in [2.75, 3.05) is 13.1 Å². The molecule has 0 saturated carbocycles. The maximum absolute atomic E-state index is 5.46. The predicted molar refractivity (Wildman–Crippen MR) is 49.2 cm³/mol. The van der Waals surface area contributed by atoms with Crippen LogP contribution in [0.5, 0.6) is 0 Å². The van der Waals surface area contributed by atoms with Crippen molar-refractivity contribution in [2.45, 2.75) is 25.3 Å². The Morgan fingerprint density at radius 1 is 1.54 bits per heavy atom. The Labute approximate surface area is 77.5 Å². The van der Waals surface area contributed by atoms with Crippen molar-refractivity contribution < 1.29 is 4.52 Å². The van der Waals surface area contributed by atoms with Crippen LogP contribution in [0.25, 0.3) is 0 Å². The Hall–Kier alpha value is -0.870. The molecule has 13 heavy (non-hydrogen) atoms. The molecule has 1 aliphatic heterocycles. The summed E-state index contributed by atoms with van der Waals surface area (Å²) in [5.74, 6) is 1.54. The van der Waals surface area contributed by atoms with E-state index in [2.05, 4.69) is 10.5 Å². The highest BCUT2D eigenvalue weighted by atomic mass is 16.5. The molecule has 0 aromatic carbocycles. The van der Waals surface area contributed by atoms with Gasteiger partial charge in [-0.1, -0.05) is 5.16 Å². The summed E-state index contributed by atoms with van der Waals surface area (Å²) < 4.78 is 5.24. The molecule has 1 aromatic rings. The number of hydrogen-bond donors (Lipinski definition) is 2. The van der Waals surface area contributed by atoms with E-state index >= 15 is 0 Å². The first-order valence-electron chi connectivity index (χ1n) is 4.76. The summed E-state index contributed by atoms with van der Waals surface area (Å²) in [6.45, 7) is 2.61. The van der Waals surface area contributed by atoms with Gasteiger partial charge in [0, 0.05) is 18.5 Å². The third kappa shape index (κ3) is 1.89. The van der Waals surface area contributed by atoms with Gasteiger partial charge in [-0.05, 0) is 25.9 Å². The Kier molecular flexibility index (Phi) is 2.61. The monoisotopic (exact) mass is 181 g/mol. The van der Waals surface area contributed by atoms with Gasteiger partial charge >= 0.3 is 0 Å². The lowest BCUT2D eigenvalue weighted by Gasteiger charge is -2.19. The van der Waals surface area contributed by atoms with E-state index in [1.807, 2.05) is 6.07 Å². The van der Waals surface area contributed by atoms with Crippen LogP contribution in [0.2, 0.25) is 0 Å². The average Bonchev–Trinajstić information content (AvgIpc) is 2.67. The van der Waals surface area contributed by atoms with E-state index in [-0.39, 0.29) is 0 Å². The molecule has 0 radical (unpaired) electrons. The van der Waals surface area contributed by atoms with Gasteiger partial charge in [0.05, 0.1) is 5.69 Å². The quantitative estimate of drug-likeness (QED) is 0.701. The molecule has 1 aromatic heterocycles. The van der Waals surface area contributed by atoms with Crippen LogP contribution in [0.3, 0.4) is 0 Å². The maximum atomic E-state index is 5.46.